The summed E-state index contributed by atoms with van der Waals surface area (Å²) in [7, 11) is 0. The van der Waals surface area contributed by atoms with Crippen LogP contribution < -0.4 is 0 Å². The maximum atomic E-state index is 5.66. The average molecular weight is 154 g/mol. The Balaban J connectivity index is 2.96. The van der Waals surface area contributed by atoms with E-state index in [4.69, 9.17) is 18.0 Å². The van der Waals surface area contributed by atoms with Crippen molar-refractivity contribution < 1.29 is 0 Å². The summed E-state index contributed by atoms with van der Waals surface area (Å²) in [6, 6.07) is 0. The zero-order valence-corrected chi connectivity index (χ0v) is 6.31. The molecule has 3 heteroatoms. The molecular formula is C7H6ClN2. The van der Waals surface area contributed by atoms with Crippen molar-refractivity contribution in [3.8, 4) is 12.3 Å². The summed E-state index contributed by atoms with van der Waals surface area (Å²) in [5, 5.41) is 4.36. The van der Waals surface area contributed by atoms with Crippen LogP contribution in [0.2, 0.25) is 5.02 Å². The number of nitrogens with zero attached hydrogens (tertiary/aromatic N) is 2. The third-order valence-electron chi connectivity index (χ3n) is 1.21. The van der Waals surface area contributed by atoms with Crippen molar-refractivity contribution in [1.82, 2.24) is 9.78 Å². The quantitative estimate of drug-likeness (QED) is 0.556. The third-order valence-corrected chi connectivity index (χ3v) is 1.57. The molecule has 1 aromatic rings. The summed E-state index contributed by atoms with van der Waals surface area (Å²) < 4.78 is 1.63. The number of aromatic nitrogens is 2. The first-order valence-electron chi connectivity index (χ1n) is 2.79. The Hall–Kier alpha value is -0.940. The zero-order chi connectivity index (χ0) is 7.56. The molecule has 2 nitrogen and oxygen atoms in total. The SMILES string of the molecule is C#CCn1n[c]c(Cl)c1C. The Morgan fingerprint density at radius 3 is 3.00 bits per heavy atom. The highest BCUT2D eigenvalue weighted by Gasteiger charge is 2.01. The van der Waals surface area contributed by atoms with Crippen LogP contribution in [-0.2, 0) is 6.54 Å². The van der Waals surface area contributed by atoms with Crippen LogP contribution in [0.4, 0.5) is 0 Å². The lowest BCUT2D eigenvalue weighted by atomic mass is 10.5. The highest BCUT2D eigenvalue weighted by molar-refractivity contribution is 6.30. The Bertz CT molecular complexity index is 270. The van der Waals surface area contributed by atoms with Crippen molar-refractivity contribution in [2.75, 3.05) is 0 Å². The van der Waals surface area contributed by atoms with Crippen molar-refractivity contribution in [3.05, 3.63) is 16.9 Å². The van der Waals surface area contributed by atoms with Gasteiger partial charge in [-0.25, -0.2) is 0 Å². The van der Waals surface area contributed by atoms with Crippen LogP contribution in [0.3, 0.4) is 0 Å². The molecule has 0 bridgehead atoms. The van der Waals surface area contributed by atoms with Gasteiger partial charge in [-0.3, -0.25) is 4.68 Å². The molecule has 0 aliphatic rings. The molecule has 0 spiro atoms. The first kappa shape index (κ1) is 7.17. The maximum Gasteiger partial charge on any atom is 0.133 e. The van der Waals surface area contributed by atoms with Crippen LogP contribution in [0.25, 0.3) is 0 Å². The maximum absolute atomic E-state index is 5.66. The Labute approximate surface area is 64.8 Å². The van der Waals surface area contributed by atoms with Crippen molar-refractivity contribution in [2.45, 2.75) is 13.5 Å². The van der Waals surface area contributed by atoms with Gasteiger partial charge in [-0.15, -0.1) is 6.42 Å². The number of terminal acetylenes is 1. The number of halogens is 1. The minimum atomic E-state index is 0.453. The molecule has 0 aromatic carbocycles. The van der Waals surface area contributed by atoms with Gasteiger partial charge in [0.15, 0.2) is 0 Å². The van der Waals surface area contributed by atoms with Crippen LogP contribution >= 0.6 is 11.6 Å². The smallest absolute Gasteiger partial charge is 0.133 e. The summed E-state index contributed by atoms with van der Waals surface area (Å²) >= 11 is 5.66. The van der Waals surface area contributed by atoms with Gasteiger partial charge in [-0.05, 0) is 6.92 Å². The first-order chi connectivity index (χ1) is 4.75. The lowest BCUT2D eigenvalue weighted by Gasteiger charge is -1.95. The van der Waals surface area contributed by atoms with E-state index in [0.717, 1.165) is 5.69 Å². The number of hydrogen-bond donors (Lipinski definition) is 0. The van der Waals surface area contributed by atoms with Gasteiger partial charge in [-0.2, -0.15) is 5.10 Å². The van der Waals surface area contributed by atoms with E-state index in [1.165, 1.54) is 0 Å². The fraction of sp³-hybridized carbons (Fsp3) is 0.286. The molecule has 0 fully saturated rings. The molecule has 1 rings (SSSR count). The zero-order valence-electron chi connectivity index (χ0n) is 5.56. The van der Waals surface area contributed by atoms with Gasteiger partial charge in [0.05, 0.1) is 10.7 Å². The topological polar surface area (TPSA) is 17.8 Å². The molecule has 0 saturated heterocycles. The fourth-order valence-corrected chi connectivity index (χ4v) is 0.749. The second-order valence-corrected chi connectivity index (χ2v) is 2.25. The molecule has 0 amide bonds. The van der Waals surface area contributed by atoms with Crippen LogP contribution in [0.15, 0.2) is 0 Å². The second kappa shape index (κ2) is 2.76. The summed E-state index contributed by atoms with van der Waals surface area (Å²) in [6.07, 6.45) is 7.68. The summed E-state index contributed by atoms with van der Waals surface area (Å²) in [5.41, 5.74) is 0.861. The molecule has 1 aromatic heterocycles. The van der Waals surface area contributed by atoms with E-state index < -0.39 is 0 Å². The van der Waals surface area contributed by atoms with Crippen LogP contribution in [0.1, 0.15) is 5.69 Å². The van der Waals surface area contributed by atoms with Gasteiger partial charge >= 0.3 is 0 Å². The highest BCUT2D eigenvalue weighted by Crippen LogP contribution is 2.11. The Kier molecular flexibility index (Phi) is 1.98. The first-order valence-corrected chi connectivity index (χ1v) is 3.17. The third kappa shape index (κ3) is 1.14. The van der Waals surface area contributed by atoms with Gasteiger partial charge in [-0.1, -0.05) is 17.5 Å². The normalized spacial score (nSPS) is 9.30. The minimum Gasteiger partial charge on any atom is -0.256 e. The van der Waals surface area contributed by atoms with Crippen molar-refractivity contribution in [2.24, 2.45) is 0 Å². The van der Waals surface area contributed by atoms with Gasteiger partial charge in [0, 0.05) is 0 Å². The fourth-order valence-electron chi connectivity index (χ4n) is 0.614. The van der Waals surface area contributed by atoms with E-state index in [9.17, 15) is 0 Å². The molecule has 1 radical (unpaired) electrons. The monoisotopic (exact) mass is 153 g/mol. The predicted molar refractivity (Wildman–Crippen MR) is 39.6 cm³/mol. The molecule has 0 aliphatic carbocycles. The minimum absolute atomic E-state index is 0.453. The molecule has 0 unspecified atom stereocenters. The molecule has 1 heterocycles. The lowest BCUT2D eigenvalue weighted by Crippen LogP contribution is -1.99. The Morgan fingerprint density at radius 2 is 2.60 bits per heavy atom. The lowest BCUT2D eigenvalue weighted by molar-refractivity contribution is 0.690. The molecule has 0 atom stereocenters. The van der Waals surface area contributed by atoms with Crippen LogP contribution in [0, 0.1) is 25.5 Å². The molecule has 51 valence electrons. The van der Waals surface area contributed by atoms with Crippen molar-refractivity contribution >= 4 is 11.6 Å². The molecular weight excluding hydrogens is 148 g/mol. The summed E-state index contributed by atoms with van der Waals surface area (Å²) in [6.45, 7) is 2.30. The van der Waals surface area contributed by atoms with Gasteiger partial charge < -0.3 is 0 Å². The van der Waals surface area contributed by atoms with Gasteiger partial charge in [0.1, 0.15) is 12.7 Å². The van der Waals surface area contributed by atoms with Gasteiger partial charge in [0.25, 0.3) is 0 Å². The van der Waals surface area contributed by atoms with E-state index in [0.29, 0.717) is 11.6 Å². The largest absolute Gasteiger partial charge is 0.256 e. The highest BCUT2D eigenvalue weighted by atomic mass is 35.5. The van der Waals surface area contributed by atoms with Crippen molar-refractivity contribution in [3.63, 3.8) is 0 Å². The van der Waals surface area contributed by atoms with Crippen LogP contribution in [-0.4, -0.2) is 9.78 Å². The standard InChI is InChI=1S/C7H6ClN2/c1-3-4-10-6(2)7(8)5-9-10/h1H,4H2,2H3. The molecule has 10 heavy (non-hydrogen) atoms. The molecule has 0 N–H and O–H groups in total. The molecule has 0 aliphatic heterocycles. The van der Waals surface area contributed by atoms with E-state index in [1.54, 1.807) is 4.68 Å². The second-order valence-electron chi connectivity index (χ2n) is 1.87. The average Bonchev–Trinajstić information content (AvgIpc) is 2.20. The van der Waals surface area contributed by atoms with E-state index >= 15 is 0 Å². The van der Waals surface area contributed by atoms with Crippen LogP contribution in [0.5, 0.6) is 0 Å². The Morgan fingerprint density at radius 1 is 1.90 bits per heavy atom. The predicted octanol–water partition coefficient (Wildman–Crippen LogP) is 1.28. The summed E-state index contributed by atoms with van der Waals surface area (Å²) in [5.74, 6) is 2.46. The number of hydrogen-bond acceptors (Lipinski definition) is 1. The van der Waals surface area contributed by atoms with Gasteiger partial charge in [0.2, 0.25) is 0 Å². The van der Waals surface area contributed by atoms with E-state index in [2.05, 4.69) is 17.2 Å². The van der Waals surface area contributed by atoms with E-state index in [1.807, 2.05) is 6.92 Å². The molecule has 0 saturated carbocycles. The summed E-state index contributed by atoms with van der Waals surface area (Å²) in [4.78, 5) is 0. The number of rotatable bonds is 1. The van der Waals surface area contributed by atoms with Crippen molar-refractivity contribution in [1.29, 1.82) is 0 Å². The van der Waals surface area contributed by atoms with E-state index in [-0.39, 0.29) is 0 Å².